The number of halogens is 1. The van der Waals surface area contributed by atoms with E-state index in [9.17, 15) is 0 Å². The average molecular weight is 400 g/mol. The monoisotopic (exact) mass is 399 g/mol. The lowest BCUT2D eigenvalue weighted by Crippen LogP contribution is -2.22. The topological polar surface area (TPSA) is 39.9 Å². The molecule has 2 rings (SSSR count). The number of aromatic nitrogens is 3. The van der Waals surface area contributed by atoms with Crippen molar-refractivity contribution in [2.24, 2.45) is 0 Å². The van der Waals surface area contributed by atoms with Crippen LogP contribution in [-0.4, -0.2) is 35.7 Å². The number of nitrogens with zero attached hydrogens (tertiary/aromatic N) is 3. The van der Waals surface area contributed by atoms with Crippen molar-refractivity contribution in [3.05, 3.63) is 28.7 Å². The van der Waals surface area contributed by atoms with Gasteiger partial charge in [-0.2, -0.15) is 0 Å². The fourth-order valence-electron chi connectivity index (χ4n) is 1.84. The van der Waals surface area contributed by atoms with E-state index < -0.39 is 8.07 Å². The first-order chi connectivity index (χ1) is 10.4. The molecule has 0 amide bonds. The first-order valence-electron chi connectivity index (χ1n) is 7.21. The molecule has 0 aliphatic rings. The van der Waals surface area contributed by atoms with Crippen molar-refractivity contribution in [3.63, 3.8) is 0 Å². The van der Waals surface area contributed by atoms with Gasteiger partial charge in [-0.3, -0.25) is 0 Å². The molecule has 0 atom stereocenters. The van der Waals surface area contributed by atoms with Gasteiger partial charge in [-0.15, -0.1) is 5.10 Å². The van der Waals surface area contributed by atoms with Crippen LogP contribution < -0.4 is 0 Å². The van der Waals surface area contributed by atoms with E-state index in [2.05, 4.69) is 45.7 Å². The second-order valence-electron chi connectivity index (χ2n) is 6.28. The highest BCUT2D eigenvalue weighted by atomic mass is 79.9. The molecular weight excluding hydrogens is 378 g/mol. The van der Waals surface area contributed by atoms with Crippen LogP contribution >= 0.6 is 27.7 Å². The van der Waals surface area contributed by atoms with E-state index in [1.54, 1.807) is 11.8 Å². The van der Waals surface area contributed by atoms with Gasteiger partial charge in [0.05, 0.1) is 0 Å². The molecule has 7 heteroatoms. The zero-order chi connectivity index (χ0) is 16.2. The third kappa shape index (κ3) is 5.22. The van der Waals surface area contributed by atoms with E-state index in [1.165, 1.54) is 0 Å². The first kappa shape index (κ1) is 17.7. The summed E-state index contributed by atoms with van der Waals surface area (Å²) in [6.45, 7) is 8.29. The third-order valence-corrected chi connectivity index (χ3v) is 5.92. The molecular formula is C15H22BrN3OSSi. The van der Waals surface area contributed by atoms with E-state index in [-0.39, 0.29) is 0 Å². The van der Waals surface area contributed by atoms with Crippen LogP contribution in [0.3, 0.4) is 0 Å². The Kier molecular flexibility index (Phi) is 6.25. The summed E-state index contributed by atoms with van der Waals surface area (Å²) in [7, 11) is -1.06. The van der Waals surface area contributed by atoms with Crippen LogP contribution in [0.25, 0.3) is 11.4 Å². The summed E-state index contributed by atoms with van der Waals surface area (Å²) in [5.74, 6) is 0.852. The van der Waals surface area contributed by atoms with Crippen LogP contribution in [0.5, 0.6) is 0 Å². The maximum absolute atomic E-state index is 5.82. The van der Waals surface area contributed by atoms with E-state index in [0.717, 1.165) is 33.7 Å². The molecule has 0 saturated heterocycles. The van der Waals surface area contributed by atoms with Gasteiger partial charge in [0, 0.05) is 24.7 Å². The number of rotatable bonds is 7. The summed E-state index contributed by atoms with van der Waals surface area (Å²) in [5.41, 5.74) is 1.05. The van der Waals surface area contributed by atoms with Crippen molar-refractivity contribution in [1.29, 1.82) is 0 Å². The van der Waals surface area contributed by atoms with Gasteiger partial charge in [-0.05, 0) is 24.4 Å². The van der Waals surface area contributed by atoms with Crippen molar-refractivity contribution in [2.45, 2.75) is 37.6 Å². The Morgan fingerprint density at radius 2 is 1.91 bits per heavy atom. The van der Waals surface area contributed by atoms with Crippen LogP contribution in [0.2, 0.25) is 25.7 Å². The van der Waals surface area contributed by atoms with Crippen molar-refractivity contribution in [3.8, 4) is 11.4 Å². The van der Waals surface area contributed by atoms with Crippen LogP contribution in [-0.2, 0) is 11.5 Å². The van der Waals surface area contributed by atoms with Gasteiger partial charge in [-0.25, -0.2) is 9.67 Å². The highest BCUT2D eigenvalue weighted by Crippen LogP contribution is 2.22. The quantitative estimate of drug-likeness (QED) is 0.382. The molecule has 0 radical (unpaired) electrons. The molecule has 4 nitrogen and oxygen atoms in total. The molecule has 2 aromatic rings. The second kappa shape index (κ2) is 7.76. The van der Waals surface area contributed by atoms with Crippen LogP contribution in [0.4, 0.5) is 0 Å². The number of thioether (sulfide) groups is 1. The number of benzene rings is 1. The molecule has 1 aromatic carbocycles. The van der Waals surface area contributed by atoms with Crippen LogP contribution in [0.1, 0.15) is 0 Å². The number of hydrogen-bond acceptors (Lipinski definition) is 4. The summed E-state index contributed by atoms with van der Waals surface area (Å²) in [6, 6.07) is 9.26. The van der Waals surface area contributed by atoms with Crippen LogP contribution in [0, 0.1) is 0 Å². The number of hydrogen-bond donors (Lipinski definition) is 0. The molecule has 0 bridgehead atoms. The largest absolute Gasteiger partial charge is 0.359 e. The fraction of sp³-hybridized carbons (Fsp3) is 0.467. The predicted molar refractivity (Wildman–Crippen MR) is 99.0 cm³/mol. The molecule has 22 heavy (non-hydrogen) atoms. The van der Waals surface area contributed by atoms with Gasteiger partial charge in [0.1, 0.15) is 6.73 Å². The lowest BCUT2D eigenvalue weighted by Gasteiger charge is -2.15. The minimum atomic E-state index is -1.06. The molecule has 1 aromatic heterocycles. The molecule has 0 saturated carbocycles. The van der Waals surface area contributed by atoms with Crippen molar-refractivity contribution in [1.82, 2.24) is 14.8 Å². The Morgan fingerprint density at radius 1 is 1.23 bits per heavy atom. The lowest BCUT2D eigenvalue weighted by molar-refractivity contribution is 0.0789. The smallest absolute Gasteiger partial charge is 0.208 e. The zero-order valence-corrected chi connectivity index (χ0v) is 16.9. The van der Waals surface area contributed by atoms with Crippen molar-refractivity contribution < 1.29 is 4.74 Å². The maximum atomic E-state index is 5.82. The Balaban J connectivity index is 2.10. The molecule has 0 aliphatic heterocycles. The van der Waals surface area contributed by atoms with E-state index in [1.807, 2.05) is 35.2 Å². The van der Waals surface area contributed by atoms with E-state index in [4.69, 9.17) is 4.74 Å². The minimum absolute atomic E-state index is 0.448. The first-order valence-corrected chi connectivity index (χ1v) is 12.9. The average Bonchev–Trinajstić information content (AvgIpc) is 2.87. The maximum Gasteiger partial charge on any atom is 0.208 e. The van der Waals surface area contributed by atoms with Crippen molar-refractivity contribution in [2.75, 3.05) is 12.9 Å². The highest BCUT2D eigenvalue weighted by molar-refractivity contribution is 9.10. The zero-order valence-electron chi connectivity index (χ0n) is 13.5. The SMILES string of the molecule is CSc1nc(-c2ccc(Br)cc2)n(COCC[Si](C)(C)C)n1. The minimum Gasteiger partial charge on any atom is -0.359 e. The molecule has 0 fully saturated rings. The number of ether oxygens (including phenoxy) is 1. The van der Waals surface area contributed by atoms with Gasteiger partial charge in [0.2, 0.25) is 5.16 Å². The Bertz CT molecular complexity index is 610. The Hall–Kier alpha value is -0.633. The standard InChI is InChI=1S/C15H22BrN3OSSi/c1-21-15-17-14(12-5-7-13(16)8-6-12)19(18-15)11-20-9-10-22(2,3)4/h5-8H,9-11H2,1-4H3. The second-order valence-corrected chi connectivity index (χ2v) is 13.6. The summed E-state index contributed by atoms with van der Waals surface area (Å²) in [5, 5.41) is 5.27. The molecule has 0 spiro atoms. The van der Waals surface area contributed by atoms with Gasteiger partial charge in [-0.1, -0.05) is 59.5 Å². The fourth-order valence-corrected chi connectivity index (χ4v) is 3.22. The summed E-state index contributed by atoms with van der Waals surface area (Å²) < 4.78 is 8.72. The van der Waals surface area contributed by atoms with E-state index in [0.29, 0.717) is 6.73 Å². The van der Waals surface area contributed by atoms with Gasteiger partial charge in [0.15, 0.2) is 5.82 Å². The van der Waals surface area contributed by atoms with E-state index >= 15 is 0 Å². The molecule has 0 N–H and O–H groups in total. The van der Waals surface area contributed by atoms with Gasteiger partial charge >= 0.3 is 0 Å². The summed E-state index contributed by atoms with van der Waals surface area (Å²) in [6.07, 6.45) is 1.98. The predicted octanol–water partition coefficient (Wildman–Crippen LogP) is 4.74. The molecule has 0 unspecified atom stereocenters. The molecule has 0 aliphatic carbocycles. The lowest BCUT2D eigenvalue weighted by atomic mass is 10.2. The Labute approximate surface area is 145 Å². The van der Waals surface area contributed by atoms with Gasteiger partial charge in [0.25, 0.3) is 0 Å². The van der Waals surface area contributed by atoms with Crippen molar-refractivity contribution >= 4 is 35.8 Å². The normalized spacial score (nSPS) is 11.9. The Morgan fingerprint density at radius 3 is 2.50 bits per heavy atom. The van der Waals surface area contributed by atoms with Gasteiger partial charge < -0.3 is 4.74 Å². The summed E-state index contributed by atoms with van der Waals surface area (Å²) in [4.78, 5) is 4.58. The molecule has 1 heterocycles. The third-order valence-electron chi connectivity index (χ3n) is 3.15. The summed E-state index contributed by atoms with van der Waals surface area (Å²) >= 11 is 5.00. The molecule has 120 valence electrons. The van der Waals surface area contributed by atoms with Crippen LogP contribution in [0.15, 0.2) is 33.9 Å². The highest BCUT2D eigenvalue weighted by Gasteiger charge is 2.14.